The molecule has 0 unspecified atom stereocenters. The Balaban J connectivity index is 1.68. The summed E-state index contributed by atoms with van der Waals surface area (Å²) in [6.07, 6.45) is 3.91. The van der Waals surface area contributed by atoms with Crippen molar-refractivity contribution in [3.05, 3.63) is 40.2 Å². The largest absolute Gasteiger partial charge is 0.336 e. The third-order valence-corrected chi connectivity index (χ3v) is 4.30. The maximum absolute atomic E-state index is 11.5. The Morgan fingerprint density at radius 3 is 2.90 bits per heavy atom. The molecule has 0 atom stereocenters. The predicted octanol–water partition coefficient (Wildman–Crippen LogP) is 2.18. The van der Waals surface area contributed by atoms with Gasteiger partial charge < -0.3 is 10.2 Å². The Labute approximate surface area is 131 Å². The number of urea groups is 1. The summed E-state index contributed by atoms with van der Waals surface area (Å²) in [7, 11) is 0. The second-order valence-electron chi connectivity index (χ2n) is 4.69. The van der Waals surface area contributed by atoms with Crippen LogP contribution in [0.15, 0.2) is 36.7 Å². The van der Waals surface area contributed by atoms with Crippen LogP contribution in [0.3, 0.4) is 0 Å². The minimum atomic E-state index is 0.0231. The van der Waals surface area contributed by atoms with Gasteiger partial charge in [-0.25, -0.2) is 4.79 Å². The molecule has 0 radical (unpaired) electrons. The highest BCUT2D eigenvalue weighted by atomic mass is 127. The summed E-state index contributed by atoms with van der Waals surface area (Å²) >= 11 is 2.33. The number of carbonyl (C=O) groups is 1. The van der Waals surface area contributed by atoms with Crippen molar-refractivity contribution in [1.29, 1.82) is 0 Å². The zero-order valence-corrected chi connectivity index (χ0v) is 13.1. The topological polar surface area (TPSA) is 50.2 Å². The Kier molecular flexibility index (Phi) is 3.90. The van der Waals surface area contributed by atoms with E-state index in [2.05, 4.69) is 45.1 Å². The van der Waals surface area contributed by atoms with E-state index in [4.69, 9.17) is 0 Å². The molecular formula is C14H15IN4O. The Bertz CT molecular complexity index is 625. The van der Waals surface area contributed by atoms with E-state index in [1.54, 1.807) is 0 Å². The maximum atomic E-state index is 11.5. The molecular weight excluding hydrogens is 367 g/mol. The molecule has 2 amide bonds. The van der Waals surface area contributed by atoms with E-state index in [0.717, 1.165) is 25.2 Å². The first-order valence-electron chi connectivity index (χ1n) is 6.54. The molecule has 5 nitrogen and oxygen atoms in total. The van der Waals surface area contributed by atoms with E-state index >= 15 is 0 Å². The molecule has 1 N–H and O–H groups in total. The molecule has 1 saturated heterocycles. The summed E-state index contributed by atoms with van der Waals surface area (Å²) in [6.45, 7) is 2.94. The highest BCUT2D eigenvalue weighted by Gasteiger charge is 2.18. The highest BCUT2D eigenvalue weighted by Crippen LogP contribution is 2.24. The molecule has 6 heteroatoms. The fourth-order valence-electron chi connectivity index (χ4n) is 2.27. The fourth-order valence-corrected chi connectivity index (χ4v) is 2.97. The summed E-state index contributed by atoms with van der Waals surface area (Å²) < 4.78 is 3.10. The van der Waals surface area contributed by atoms with Gasteiger partial charge in [0.25, 0.3) is 0 Å². The third-order valence-electron chi connectivity index (χ3n) is 3.36. The maximum Gasteiger partial charge on any atom is 0.317 e. The van der Waals surface area contributed by atoms with Crippen molar-refractivity contribution in [1.82, 2.24) is 20.0 Å². The second kappa shape index (κ2) is 5.82. The molecule has 2 aromatic rings. The van der Waals surface area contributed by atoms with Crippen molar-refractivity contribution >= 4 is 28.6 Å². The van der Waals surface area contributed by atoms with Crippen LogP contribution in [0.25, 0.3) is 11.1 Å². The number of amides is 2. The van der Waals surface area contributed by atoms with Gasteiger partial charge in [0.1, 0.15) is 0 Å². The minimum Gasteiger partial charge on any atom is -0.336 e. The van der Waals surface area contributed by atoms with Crippen LogP contribution in [0, 0.1) is 3.57 Å². The van der Waals surface area contributed by atoms with Crippen molar-refractivity contribution in [3.63, 3.8) is 0 Å². The van der Waals surface area contributed by atoms with Gasteiger partial charge in [0.15, 0.2) is 0 Å². The average molecular weight is 382 g/mol. The molecule has 1 aliphatic rings. The Hall–Kier alpha value is -1.57. The van der Waals surface area contributed by atoms with Crippen LogP contribution in [0.5, 0.6) is 0 Å². The van der Waals surface area contributed by atoms with E-state index in [1.165, 1.54) is 9.13 Å². The van der Waals surface area contributed by atoms with Crippen LogP contribution in [0.2, 0.25) is 0 Å². The number of hydrogen-bond acceptors (Lipinski definition) is 2. The SMILES string of the molecule is O=C1NCCN1CCn1cc(-c2ccccc2I)cn1. The molecule has 1 aromatic heterocycles. The monoisotopic (exact) mass is 382 g/mol. The predicted molar refractivity (Wildman–Crippen MR) is 85.4 cm³/mol. The van der Waals surface area contributed by atoms with Gasteiger partial charge in [-0.15, -0.1) is 0 Å². The molecule has 0 saturated carbocycles. The van der Waals surface area contributed by atoms with E-state index < -0.39 is 0 Å². The van der Waals surface area contributed by atoms with Crippen molar-refractivity contribution in [2.45, 2.75) is 6.54 Å². The molecule has 1 fully saturated rings. The normalized spacial score (nSPS) is 14.7. The zero-order chi connectivity index (χ0) is 13.9. The molecule has 0 spiro atoms. The number of aromatic nitrogens is 2. The van der Waals surface area contributed by atoms with Gasteiger partial charge in [-0.05, 0) is 34.2 Å². The number of rotatable bonds is 4. The molecule has 104 valence electrons. The number of halogens is 1. The molecule has 2 heterocycles. The Morgan fingerprint density at radius 1 is 1.30 bits per heavy atom. The zero-order valence-electron chi connectivity index (χ0n) is 10.9. The van der Waals surface area contributed by atoms with Crippen LogP contribution in [0.1, 0.15) is 0 Å². The lowest BCUT2D eigenvalue weighted by atomic mass is 10.1. The smallest absolute Gasteiger partial charge is 0.317 e. The van der Waals surface area contributed by atoms with Crippen LogP contribution in [-0.2, 0) is 6.54 Å². The minimum absolute atomic E-state index is 0.0231. The number of benzene rings is 1. The Morgan fingerprint density at radius 2 is 2.15 bits per heavy atom. The average Bonchev–Trinajstić information content (AvgIpc) is 3.06. The lowest BCUT2D eigenvalue weighted by Crippen LogP contribution is -2.31. The lowest BCUT2D eigenvalue weighted by molar-refractivity contribution is 0.215. The van der Waals surface area contributed by atoms with E-state index in [1.807, 2.05) is 34.1 Å². The van der Waals surface area contributed by atoms with Crippen molar-refractivity contribution < 1.29 is 4.79 Å². The van der Waals surface area contributed by atoms with Crippen molar-refractivity contribution in [3.8, 4) is 11.1 Å². The molecule has 3 rings (SSSR count). The fraction of sp³-hybridized carbons (Fsp3) is 0.286. The first-order valence-corrected chi connectivity index (χ1v) is 7.62. The summed E-state index contributed by atoms with van der Waals surface area (Å²) in [6, 6.07) is 8.26. The molecule has 20 heavy (non-hydrogen) atoms. The summed E-state index contributed by atoms with van der Waals surface area (Å²) in [4.78, 5) is 13.3. The van der Waals surface area contributed by atoms with Gasteiger partial charge in [-0.1, -0.05) is 18.2 Å². The van der Waals surface area contributed by atoms with Gasteiger partial charge in [0.2, 0.25) is 0 Å². The summed E-state index contributed by atoms with van der Waals surface area (Å²) in [5.41, 5.74) is 2.30. The van der Waals surface area contributed by atoms with Gasteiger partial charge in [-0.3, -0.25) is 4.68 Å². The first-order chi connectivity index (χ1) is 9.74. The molecule has 0 aliphatic carbocycles. The first kappa shape index (κ1) is 13.4. The number of carbonyl (C=O) groups excluding carboxylic acids is 1. The number of nitrogens with one attached hydrogen (secondary N) is 1. The molecule has 1 aromatic carbocycles. The van der Waals surface area contributed by atoms with Crippen LogP contribution in [-0.4, -0.2) is 40.3 Å². The number of nitrogens with zero attached hydrogens (tertiary/aromatic N) is 3. The van der Waals surface area contributed by atoms with Crippen molar-refractivity contribution in [2.24, 2.45) is 0 Å². The van der Waals surface area contributed by atoms with Crippen molar-refractivity contribution in [2.75, 3.05) is 19.6 Å². The summed E-state index contributed by atoms with van der Waals surface area (Å²) in [5, 5.41) is 7.18. The highest BCUT2D eigenvalue weighted by molar-refractivity contribution is 14.1. The van der Waals surface area contributed by atoms with E-state index in [0.29, 0.717) is 6.54 Å². The molecule has 1 aliphatic heterocycles. The van der Waals surface area contributed by atoms with Crippen LogP contribution < -0.4 is 5.32 Å². The quantitative estimate of drug-likeness (QED) is 0.825. The van der Waals surface area contributed by atoms with Gasteiger partial charge >= 0.3 is 6.03 Å². The van der Waals surface area contributed by atoms with Crippen LogP contribution >= 0.6 is 22.6 Å². The van der Waals surface area contributed by atoms with E-state index in [9.17, 15) is 4.79 Å². The van der Waals surface area contributed by atoms with E-state index in [-0.39, 0.29) is 6.03 Å². The lowest BCUT2D eigenvalue weighted by Gasteiger charge is -2.13. The second-order valence-corrected chi connectivity index (χ2v) is 5.85. The van der Waals surface area contributed by atoms with Gasteiger partial charge in [-0.2, -0.15) is 5.10 Å². The summed E-state index contributed by atoms with van der Waals surface area (Å²) in [5.74, 6) is 0. The molecule has 0 bridgehead atoms. The van der Waals surface area contributed by atoms with Crippen LogP contribution in [0.4, 0.5) is 4.79 Å². The third kappa shape index (κ3) is 2.79. The standard InChI is InChI=1S/C14H15IN4O/c15-13-4-2-1-3-12(13)11-9-17-19(10-11)8-7-18-6-5-16-14(18)20/h1-4,9-10H,5-8H2,(H,16,20). The van der Waals surface area contributed by atoms with Gasteiger partial charge in [0.05, 0.1) is 12.7 Å². The van der Waals surface area contributed by atoms with Gasteiger partial charge in [0, 0.05) is 35.0 Å². The number of hydrogen-bond donors (Lipinski definition) is 1.